The van der Waals surface area contributed by atoms with Crippen LogP contribution in [0, 0.1) is 6.92 Å². The highest BCUT2D eigenvalue weighted by atomic mass is 16.1. The highest BCUT2D eigenvalue weighted by Crippen LogP contribution is 2.02. The molecule has 2 N–H and O–H groups in total. The summed E-state index contributed by atoms with van der Waals surface area (Å²) >= 11 is 0. The van der Waals surface area contributed by atoms with E-state index in [0.717, 1.165) is 18.5 Å². The van der Waals surface area contributed by atoms with Crippen LogP contribution in [0.1, 0.15) is 49.0 Å². The van der Waals surface area contributed by atoms with Crippen molar-refractivity contribution in [1.82, 2.24) is 10.6 Å². The van der Waals surface area contributed by atoms with Gasteiger partial charge < -0.3 is 10.6 Å². The van der Waals surface area contributed by atoms with Crippen molar-refractivity contribution < 1.29 is 4.79 Å². The molecule has 19 heavy (non-hydrogen) atoms. The Labute approximate surface area is 116 Å². The van der Waals surface area contributed by atoms with E-state index in [4.69, 9.17) is 0 Å². The second-order valence-corrected chi connectivity index (χ2v) is 4.97. The van der Waals surface area contributed by atoms with E-state index in [1.807, 2.05) is 31.2 Å². The first kappa shape index (κ1) is 15.7. The first-order chi connectivity index (χ1) is 9.17. The van der Waals surface area contributed by atoms with Crippen LogP contribution in [-0.2, 0) is 0 Å². The van der Waals surface area contributed by atoms with Gasteiger partial charge in [0.15, 0.2) is 0 Å². The predicted octanol–water partition coefficient (Wildman–Crippen LogP) is 2.89. The molecule has 1 amide bonds. The van der Waals surface area contributed by atoms with Crippen molar-refractivity contribution in [2.75, 3.05) is 13.1 Å². The van der Waals surface area contributed by atoms with E-state index in [-0.39, 0.29) is 5.91 Å². The van der Waals surface area contributed by atoms with Gasteiger partial charge in [0.25, 0.3) is 5.91 Å². The molecule has 1 aromatic rings. The fourth-order valence-electron chi connectivity index (χ4n) is 2.06. The Morgan fingerprint density at radius 1 is 1.16 bits per heavy atom. The minimum atomic E-state index is 0.00494. The monoisotopic (exact) mass is 262 g/mol. The Kier molecular flexibility index (Phi) is 7.19. The quantitative estimate of drug-likeness (QED) is 0.707. The fourth-order valence-corrected chi connectivity index (χ4v) is 2.06. The summed E-state index contributed by atoms with van der Waals surface area (Å²) in [5.41, 5.74) is 1.90. The molecule has 106 valence electrons. The van der Waals surface area contributed by atoms with Crippen LogP contribution in [-0.4, -0.2) is 25.0 Å². The summed E-state index contributed by atoms with van der Waals surface area (Å²) < 4.78 is 0. The lowest BCUT2D eigenvalue weighted by Gasteiger charge is -2.16. The molecule has 0 bridgehead atoms. The van der Waals surface area contributed by atoms with E-state index in [0.29, 0.717) is 12.6 Å². The lowest BCUT2D eigenvalue weighted by Crippen LogP contribution is -2.36. The van der Waals surface area contributed by atoms with Crippen LogP contribution < -0.4 is 10.6 Å². The van der Waals surface area contributed by atoms with Crippen molar-refractivity contribution in [3.63, 3.8) is 0 Å². The zero-order valence-electron chi connectivity index (χ0n) is 12.3. The third-order valence-electron chi connectivity index (χ3n) is 3.29. The van der Waals surface area contributed by atoms with E-state index in [1.54, 1.807) is 0 Å². The molecule has 0 saturated heterocycles. The van der Waals surface area contributed by atoms with Crippen molar-refractivity contribution in [1.29, 1.82) is 0 Å². The SMILES string of the molecule is CCCC(CC)NCCNC(=O)c1ccc(C)cc1. The number of rotatable bonds is 8. The standard InChI is InChI=1S/C16H26N2O/c1-4-6-15(5-2)17-11-12-18-16(19)14-9-7-13(3)8-10-14/h7-10,15,17H,4-6,11-12H2,1-3H3,(H,18,19). The van der Waals surface area contributed by atoms with Crippen LogP contribution in [0.15, 0.2) is 24.3 Å². The molecular weight excluding hydrogens is 236 g/mol. The molecule has 0 spiro atoms. The Morgan fingerprint density at radius 2 is 1.84 bits per heavy atom. The van der Waals surface area contributed by atoms with Crippen LogP contribution in [0.4, 0.5) is 0 Å². The van der Waals surface area contributed by atoms with Crippen LogP contribution >= 0.6 is 0 Å². The molecule has 1 atom stereocenters. The molecule has 3 nitrogen and oxygen atoms in total. The van der Waals surface area contributed by atoms with Crippen LogP contribution in [0.25, 0.3) is 0 Å². The zero-order chi connectivity index (χ0) is 14.1. The number of hydrogen-bond donors (Lipinski definition) is 2. The molecule has 0 heterocycles. The lowest BCUT2D eigenvalue weighted by atomic mass is 10.1. The summed E-state index contributed by atoms with van der Waals surface area (Å²) in [6.07, 6.45) is 3.53. The van der Waals surface area contributed by atoms with Crippen molar-refractivity contribution in [3.05, 3.63) is 35.4 Å². The van der Waals surface area contributed by atoms with Gasteiger partial charge in [-0.25, -0.2) is 0 Å². The Bertz CT molecular complexity index is 373. The third-order valence-corrected chi connectivity index (χ3v) is 3.29. The molecular formula is C16H26N2O. The topological polar surface area (TPSA) is 41.1 Å². The van der Waals surface area contributed by atoms with Gasteiger partial charge in [0.05, 0.1) is 0 Å². The van der Waals surface area contributed by atoms with Crippen LogP contribution in [0.2, 0.25) is 0 Å². The maximum absolute atomic E-state index is 11.9. The van der Waals surface area contributed by atoms with Crippen molar-refractivity contribution in [2.45, 2.75) is 46.1 Å². The van der Waals surface area contributed by atoms with E-state index in [1.165, 1.54) is 18.4 Å². The second-order valence-electron chi connectivity index (χ2n) is 4.97. The lowest BCUT2D eigenvalue weighted by molar-refractivity contribution is 0.0953. The smallest absolute Gasteiger partial charge is 0.251 e. The molecule has 0 radical (unpaired) electrons. The number of carbonyl (C=O) groups is 1. The fraction of sp³-hybridized carbons (Fsp3) is 0.562. The van der Waals surface area contributed by atoms with E-state index >= 15 is 0 Å². The summed E-state index contributed by atoms with van der Waals surface area (Å²) in [6, 6.07) is 8.22. The van der Waals surface area contributed by atoms with Gasteiger partial charge in [0.1, 0.15) is 0 Å². The number of carbonyl (C=O) groups excluding carboxylic acids is 1. The van der Waals surface area contributed by atoms with Gasteiger partial charge >= 0.3 is 0 Å². The molecule has 0 aliphatic heterocycles. The highest BCUT2D eigenvalue weighted by molar-refractivity contribution is 5.94. The minimum Gasteiger partial charge on any atom is -0.351 e. The predicted molar refractivity (Wildman–Crippen MR) is 80.5 cm³/mol. The molecule has 1 aromatic carbocycles. The summed E-state index contributed by atoms with van der Waals surface area (Å²) in [5, 5.41) is 6.41. The van der Waals surface area contributed by atoms with E-state index < -0.39 is 0 Å². The zero-order valence-corrected chi connectivity index (χ0v) is 12.3. The van der Waals surface area contributed by atoms with Gasteiger partial charge in [-0.2, -0.15) is 0 Å². The Hall–Kier alpha value is -1.35. The molecule has 1 rings (SSSR count). The van der Waals surface area contributed by atoms with Crippen molar-refractivity contribution in [2.24, 2.45) is 0 Å². The van der Waals surface area contributed by atoms with Gasteiger partial charge in [-0.15, -0.1) is 0 Å². The second kappa shape index (κ2) is 8.70. The summed E-state index contributed by atoms with van der Waals surface area (Å²) in [7, 11) is 0. The average molecular weight is 262 g/mol. The Morgan fingerprint density at radius 3 is 2.42 bits per heavy atom. The Balaban J connectivity index is 2.25. The van der Waals surface area contributed by atoms with E-state index in [9.17, 15) is 4.79 Å². The largest absolute Gasteiger partial charge is 0.351 e. The number of aryl methyl sites for hydroxylation is 1. The first-order valence-electron chi connectivity index (χ1n) is 7.25. The average Bonchev–Trinajstić information content (AvgIpc) is 2.42. The molecule has 3 heteroatoms. The van der Waals surface area contributed by atoms with Crippen molar-refractivity contribution in [3.8, 4) is 0 Å². The van der Waals surface area contributed by atoms with E-state index in [2.05, 4.69) is 24.5 Å². The molecule has 1 unspecified atom stereocenters. The summed E-state index contributed by atoms with van der Waals surface area (Å²) in [6.45, 7) is 7.91. The first-order valence-corrected chi connectivity index (χ1v) is 7.25. The molecule has 0 aromatic heterocycles. The van der Waals surface area contributed by atoms with Crippen LogP contribution in [0.3, 0.4) is 0 Å². The van der Waals surface area contributed by atoms with Gasteiger partial charge in [-0.1, -0.05) is 38.0 Å². The number of nitrogens with one attached hydrogen (secondary N) is 2. The normalized spacial score (nSPS) is 12.2. The third kappa shape index (κ3) is 5.88. The van der Waals surface area contributed by atoms with Gasteiger partial charge in [0, 0.05) is 24.7 Å². The van der Waals surface area contributed by atoms with Gasteiger partial charge in [-0.3, -0.25) is 4.79 Å². The number of benzene rings is 1. The van der Waals surface area contributed by atoms with Crippen molar-refractivity contribution >= 4 is 5.91 Å². The molecule has 0 aliphatic rings. The summed E-state index contributed by atoms with van der Waals surface area (Å²) in [4.78, 5) is 11.9. The number of amides is 1. The maximum Gasteiger partial charge on any atom is 0.251 e. The summed E-state index contributed by atoms with van der Waals surface area (Å²) in [5.74, 6) is 0.00494. The molecule has 0 fully saturated rings. The minimum absolute atomic E-state index is 0.00494. The van der Waals surface area contributed by atoms with Gasteiger partial charge in [-0.05, 0) is 31.9 Å². The molecule has 0 aliphatic carbocycles. The maximum atomic E-state index is 11.9. The number of hydrogen-bond acceptors (Lipinski definition) is 2. The highest BCUT2D eigenvalue weighted by Gasteiger charge is 2.05. The van der Waals surface area contributed by atoms with Gasteiger partial charge in [0.2, 0.25) is 0 Å². The van der Waals surface area contributed by atoms with Crippen LogP contribution in [0.5, 0.6) is 0 Å². The molecule has 0 saturated carbocycles.